The molecule has 0 aromatic heterocycles. The van der Waals surface area contributed by atoms with Gasteiger partial charge in [-0.15, -0.1) is 0 Å². The minimum Gasteiger partial charge on any atom is -0.346 e. The third-order valence-electron chi connectivity index (χ3n) is 4.92. The Labute approximate surface area is 128 Å². The smallest absolute Gasteiger partial charge is 0.264 e. The number of likely N-dealkylation sites (tertiary alicyclic amines) is 1. The van der Waals surface area contributed by atoms with Crippen molar-refractivity contribution in [3.8, 4) is 0 Å². The average molecular weight is 317 g/mol. The highest BCUT2D eigenvalue weighted by molar-refractivity contribution is 7.86. The summed E-state index contributed by atoms with van der Waals surface area (Å²) in [4.78, 5) is 13.5. The second-order valence-electron chi connectivity index (χ2n) is 6.59. The van der Waals surface area contributed by atoms with Crippen LogP contribution in [-0.2, 0) is 19.1 Å². The lowest BCUT2D eigenvalue weighted by Crippen LogP contribution is -2.34. The molecule has 122 valence electrons. The van der Waals surface area contributed by atoms with Crippen LogP contribution in [0.1, 0.15) is 51.4 Å². The van der Waals surface area contributed by atoms with Gasteiger partial charge in [0.25, 0.3) is 10.1 Å². The predicted molar refractivity (Wildman–Crippen MR) is 81.3 cm³/mol. The van der Waals surface area contributed by atoms with Gasteiger partial charge in [-0.1, -0.05) is 0 Å². The van der Waals surface area contributed by atoms with Crippen molar-refractivity contribution in [2.75, 3.05) is 19.8 Å². The number of carbonyl (C=O) groups excluding carboxylic acids is 1. The van der Waals surface area contributed by atoms with Crippen molar-refractivity contribution in [2.24, 2.45) is 11.8 Å². The van der Waals surface area contributed by atoms with Crippen LogP contribution in [0.25, 0.3) is 0 Å². The molecular formula is C15H27NO4S. The van der Waals surface area contributed by atoms with E-state index in [0.717, 1.165) is 57.7 Å². The number of hydrogen-bond donors (Lipinski definition) is 0. The molecule has 1 atom stereocenters. The number of amides is 1. The van der Waals surface area contributed by atoms with Crippen LogP contribution < -0.4 is 0 Å². The van der Waals surface area contributed by atoms with Crippen LogP contribution in [0.5, 0.6) is 0 Å². The Morgan fingerprint density at radius 3 is 2.29 bits per heavy atom. The van der Waals surface area contributed by atoms with E-state index in [2.05, 4.69) is 0 Å². The molecule has 1 heterocycles. The zero-order valence-electron chi connectivity index (χ0n) is 13.1. The third kappa shape index (κ3) is 5.25. The summed E-state index contributed by atoms with van der Waals surface area (Å²) in [5.74, 6) is 1.59. The van der Waals surface area contributed by atoms with Crippen LogP contribution in [-0.4, -0.2) is 45.2 Å². The van der Waals surface area contributed by atoms with E-state index in [-0.39, 0.29) is 12.0 Å². The fourth-order valence-corrected chi connectivity index (χ4v) is 4.40. The molecule has 1 aliphatic carbocycles. The molecule has 1 saturated carbocycles. The number of nitrogens with zero attached hydrogens (tertiary/aromatic N) is 1. The van der Waals surface area contributed by atoms with Gasteiger partial charge >= 0.3 is 0 Å². The van der Waals surface area contributed by atoms with Gasteiger partial charge in [-0.25, -0.2) is 0 Å². The molecule has 2 aliphatic rings. The maximum absolute atomic E-state index is 11.7. The van der Waals surface area contributed by atoms with Gasteiger partial charge in [0.2, 0.25) is 5.91 Å². The van der Waals surface area contributed by atoms with E-state index >= 15 is 0 Å². The minimum absolute atomic E-state index is 0.131. The van der Waals surface area contributed by atoms with E-state index < -0.39 is 10.1 Å². The predicted octanol–water partition coefficient (Wildman–Crippen LogP) is 2.17. The Hall–Kier alpha value is -0.620. The first-order chi connectivity index (χ1) is 9.85. The molecule has 6 heteroatoms. The lowest BCUT2D eigenvalue weighted by Gasteiger charge is -2.35. The molecule has 0 N–H and O–H groups in total. The largest absolute Gasteiger partial charge is 0.346 e. The van der Waals surface area contributed by atoms with Crippen molar-refractivity contribution < 1.29 is 17.4 Å². The Morgan fingerprint density at radius 1 is 1.05 bits per heavy atom. The van der Waals surface area contributed by atoms with Crippen LogP contribution in [0, 0.1) is 11.8 Å². The zero-order chi connectivity index (χ0) is 15.5. The van der Waals surface area contributed by atoms with Crippen LogP contribution in [0.15, 0.2) is 0 Å². The van der Waals surface area contributed by atoms with Crippen molar-refractivity contribution in [3.63, 3.8) is 0 Å². The molecule has 0 aromatic carbocycles. The Balaban J connectivity index is 1.82. The molecule has 0 radical (unpaired) electrons. The van der Waals surface area contributed by atoms with Crippen LogP contribution in [0.4, 0.5) is 0 Å². The maximum Gasteiger partial charge on any atom is 0.264 e. The van der Waals surface area contributed by atoms with Crippen LogP contribution >= 0.6 is 0 Å². The van der Waals surface area contributed by atoms with Crippen LogP contribution in [0.2, 0.25) is 0 Å². The summed E-state index contributed by atoms with van der Waals surface area (Å²) in [7, 11) is -1.44. The number of rotatable bonds is 3. The number of hydrogen-bond acceptors (Lipinski definition) is 4. The minimum atomic E-state index is -3.33. The van der Waals surface area contributed by atoms with Crippen molar-refractivity contribution in [2.45, 2.75) is 57.5 Å². The van der Waals surface area contributed by atoms with E-state index in [1.165, 1.54) is 0 Å². The molecule has 0 aromatic rings. The van der Waals surface area contributed by atoms with Gasteiger partial charge in [0.15, 0.2) is 0 Å². The molecule has 2 rings (SSSR count). The molecular weight excluding hydrogens is 290 g/mol. The standard InChI is InChI=1S/C15H27NO4S/c1-16-11-10-12(4-3-5-15(16)17)13-6-8-14(9-7-13)20-21(2,18)19/h12-14H,3-11H2,1-2H3. The Kier molecular flexibility index (Phi) is 5.66. The lowest BCUT2D eigenvalue weighted by atomic mass is 9.75. The average Bonchev–Trinajstić information content (AvgIpc) is 2.39. The first-order valence-electron chi connectivity index (χ1n) is 7.97. The van der Waals surface area contributed by atoms with Crippen molar-refractivity contribution in [1.82, 2.24) is 4.90 Å². The third-order valence-corrected chi connectivity index (χ3v) is 5.54. The van der Waals surface area contributed by atoms with Gasteiger partial charge in [0, 0.05) is 20.0 Å². The molecule has 0 spiro atoms. The van der Waals surface area contributed by atoms with Gasteiger partial charge < -0.3 is 4.90 Å². The first kappa shape index (κ1) is 16.7. The van der Waals surface area contributed by atoms with Gasteiger partial charge in [0.05, 0.1) is 12.4 Å². The maximum atomic E-state index is 11.7. The molecule has 0 bridgehead atoms. The van der Waals surface area contributed by atoms with Gasteiger partial charge in [-0.3, -0.25) is 8.98 Å². The highest BCUT2D eigenvalue weighted by Crippen LogP contribution is 2.36. The summed E-state index contributed by atoms with van der Waals surface area (Å²) in [6.45, 7) is 0.850. The monoisotopic (exact) mass is 317 g/mol. The summed E-state index contributed by atoms with van der Waals surface area (Å²) in [5.41, 5.74) is 0. The first-order valence-corrected chi connectivity index (χ1v) is 9.79. The summed E-state index contributed by atoms with van der Waals surface area (Å²) in [6, 6.07) is 0. The van der Waals surface area contributed by atoms with Crippen LogP contribution in [0.3, 0.4) is 0 Å². The molecule has 2 fully saturated rings. The molecule has 1 aliphatic heterocycles. The molecule has 5 nitrogen and oxygen atoms in total. The summed E-state index contributed by atoms with van der Waals surface area (Å²) in [6.07, 6.45) is 8.60. The summed E-state index contributed by atoms with van der Waals surface area (Å²) in [5, 5.41) is 0. The highest BCUT2D eigenvalue weighted by atomic mass is 32.2. The quantitative estimate of drug-likeness (QED) is 0.748. The Bertz CT molecular complexity index is 454. The fraction of sp³-hybridized carbons (Fsp3) is 0.933. The van der Waals surface area contributed by atoms with E-state index in [9.17, 15) is 13.2 Å². The molecule has 1 unspecified atom stereocenters. The highest BCUT2D eigenvalue weighted by Gasteiger charge is 2.30. The van der Waals surface area contributed by atoms with Crippen molar-refractivity contribution in [1.29, 1.82) is 0 Å². The second-order valence-corrected chi connectivity index (χ2v) is 8.19. The van der Waals surface area contributed by atoms with Crippen molar-refractivity contribution >= 4 is 16.0 Å². The van der Waals surface area contributed by atoms with E-state index in [1.54, 1.807) is 0 Å². The van der Waals surface area contributed by atoms with E-state index in [0.29, 0.717) is 18.3 Å². The van der Waals surface area contributed by atoms with Gasteiger partial charge in [0.1, 0.15) is 0 Å². The van der Waals surface area contributed by atoms with Crippen molar-refractivity contribution in [3.05, 3.63) is 0 Å². The summed E-state index contributed by atoms with van der Waals surface area (Å²) >= 11 is 0. The normalized spacial score (nSPS) is 32.6. The van der Waals surface area contributed by atoms with Gasteiger partial charge in [-0.05, 0) is 56.8 Å². The van der Waals surface area contributed by atoms with E-state index in [1.807, 2.05) is 11.9 Å². The topological polar surface area (TPSA) is 63.7 Å². The zero-order valence-corrected chi connectivity index (χ0v) is 13.9. The molecule has 21 heavy (non-hydrogen) atoms. The SMILES string of the molecule is CN1CCC(C2CCC(OS(C)(=O)=O)CC2)CCCC1=O. The van der Waals surface area contributed by atoms with Gasteiger partial charge in [-0.2, -0.15) is 8.42 Å². The Morgan fingerprint density at radius 2 is 1.67 bits per heavy atom. The van der Waals surface area contributed by atoms with E-state index in [4.69, 9.17) is 4.18 Å². The second kappa shape index (κ2) is 7.09. The number of carbonyl (C=O) groups is 1. The molecule has 1 saturated heterocycles. The fourth-order valence-electron chi connectivity index (χ4n) is 3.71. The molecule has 1 amide bonds. The lowest BCUT2D eigenvalue weighted by molar-refractivity contribution is -0.130. The summed E-state index contributed by atoms with van der Waals surface area (Å²) < 4.78 is 27.5.